The van der Waals surface area contributed by atoms with Gasteiger partial charge in [0.1, 0.15) is 12.2 Å². The van der Waals surface area contributed by atoms with Crippen LogP contribution in [-0.4, -0.2) is 14.8 Å². The van der Waals surface area contributed by atoms with Gasteiger partial charge in [0, 0.05) is 12.5 Å². The lowest BCUT2D eigenvalue weighted by molar-refractivity contribution is 0.151. The van der Waals surface area contributed by atoms with E-state index in [2.05, 4.69) is 21.7 Å². The van der Waals surface area contributed by atoms with Crippen molar-refractivity contribution in [1.29, 1.82) is 0 Å². The van der Waals surface area contributed by atoms with E-state index >= 15 is 0 Å². The van der Waals surface area contributed by atoms with Crippen molar-refractivity contribution in [3.63, 3.8) is 0 Å². The maximum atomic E-state index is 4.36. The van der Waals surface area contributed by atoms with Gasteiger partial charge in [0.05, 0.1) is 0 Å². The molecule has 3 atom stereocenters. The maximum Gasteiger partial charge on any atom is 0.135 e. The van der Waals surface area contributed by atoms with Gasteiger partial charge in [0.25, 0.3) is 0 Å². The van der Waals surface area contributed by atoms with Gasteiger partial charge in [-0.2, -0.15) is 0 Å². The lowest BCUT2D eigenvalue weighted by atomic mass is 9.67. The van der Waals surface area contributed by atoms with Crippen molar-refractivity contribution < 1.29 is 0 Å². The Kier molecular flexibility index (Phi) is 3.17. The second kappa shape index (κ2) is 4.79. The summed E-state index contributed by atoms with van der Waals surface area (Å²) >= 11 is 0. The Labute approximate surface area is 104 Å². The first-order chi connectivity index (χ1) is 8.38. The summed E-state index contributed by atoms with van der Waals surface area (Å²) in [5.41, 5.74) is 0. The Hall–Kier alpha value is -0.860. The molecule has 1 aromatic heterocycles. The highest BCUT2D eigenvalue weighted by Crippen LogP contribution is 2.45. The summed E-state index contributed by atoms with van der Waals surface area (Å²) in [6, 6.07) is 0. The van der Waals surface area contributed by atoms with Crippen LogP contribution in [0.2, 0.25) is 0 Å². The third kappa shape index (κ3) is 2.12. The van der Waals surface area contributed by atoms with Crippen LogP contribution < -0.4 is 0 Å². The second-order valence-corrected chi connectivity index (χ2v) is 5.79. The summed E-state index contributed by atoms with van der Waals surface area (Å²) in [5.74, 6) is 3.93. The zero-order valence-corrected chi connectivity index (χ0v) is 10.8. The van der Waals surface area contributed by atoms with Gasteiger partial charge < -0.3 is 4.57 Å². The van der Waals surface area contributed by atoms with E-state index in [1.54, 1.807) is 0 Å². The molecule has 2 fully saturated rings. The first kappa shape index (κ1) is 11.2. The number of fused-ring (bicyclic) bond motifs is 1. The van der Waals surface area contributed by atoms with Crippen molar-refractivity contribution in [3.05, 3.63) is 12.2 Å². The van der Waals surface area contributed by atoms with E-state index in [1.807, 2.05) is 6.33 Å². The lowest BCUT2D eigenvalue weighted by Gasteiger charge is -2.39. The monoisotopic (exact) mass is 233 g/mol. The molecule has 1 aromatic rings. The largest absolute Gasteiger partial charge is 0.318 e. The van der Waals surface area contributed by atoms with Crippen molar-refractivity contribution in [2.45, 2.75) is 64.3 Å². The summed E-state index contributed by atoms with van der Waals surface area (Å²) < 4.78 is 2.23. The van der Waals surface area contributed by atoms with Gasteiger partial charge in [0.2, 0.25) is 0 Å². The van der Waals surface area contributed by atoms with Gasteiger partial charge in [-0.3, -0.25) is 0 Å². The summed E-state index contributed by atoms with van der Waals surface area (Å²) in [4.78, 5) is 0. The summed E-state index contributed by atoms with van der Waals surface area (Å²) in [6.07, 6.45) is 11.9. The minimum atomic E-state index is 0.678. The first-order valence-electron chi connectivity index (χ1n) is 7.26. The second-order valence-electron chi connectivity index (χ2n) is 5.79. The number of aryl methyl sites for hydroxylation is 1. The molecule has 0 aromatic carbocycles. The molecule has 3 rings (SSSR count). The van der Waals surface area contributed by atoms with Gasteiger partial charge in [-0.25, -0.2) is 0 Å². The van der Waals surface area contributed by atoms with E-state index < -0.39 is 0 Å². The van der Waals surface area contributed by atoms with E-state index in [1.165, 1.54) is 50.8 Å². The van der Waals surface area contributed by atoms with Crippen LogP contribution in [0.5, 0.6) is 0 Å². The van der Waals surface area contributed by atoms with Crippen LogP contribution >= 0.6 is 0 Å². The molecule has 0 aliphatic heterocycles. The fourth-order valence-corrected chi connectivity index (χ4v) is 3.93. The Morgan fingerprint density at radius 2 is 2.00 bits per heavy atom. The molecular formula is C14H23N3. The van der Waals surface area contributed by atoms with Crippen molar-refractivity contribution in [2.24, 2.45) is 11.8 Å². The zero-order valence-electron chi connectivity index (χ0n) is 10.8. The highest BCUT2D eigenvalue weighted by Gasteiger charge is 2.34. The standard InChI is InChI=1S/C14H23N3/c1-2-17-10-15-16-14(17)13-8-7-11-5-3-4-6-12(11)9-13/h10-13H,2-9H2,1H3. The Morgan fingerprint density at radius 3 is 2.82 bits per heavy atom. The highest BCUT2D eigenvalue weighted by molar-refractivity contribution is 5.00. The van der Waals surface area contributed by atoms with E-state index in [-0.39, 0.29) is 0 Å². The molecule has 3 nitrogen and oxygen atoms in total. The number of aromatic nitrogens is 3. The lowest BCUT2D eigenvalue weighted by Crippen LogP contribution is -2.28. The molecule has 17 heavy (non-hydrogen) atoms. The van der Waals surface area contributed by atoms with Crippen molar-refractivity contribution in [1.82, 2.24) is 14.8 Å². The van der Waals surface area contributed by atoms with Crippen LogP contribution in [0.1, 0.15) is 63.6 Å². The SMILES string of the molecule is CCn1cnnc1C1CCC2CCCCC2C1. The Bertz CT molecular complexity index is 371. The van der Waals surface area contributed by atoms with Crippen LogP contribution in [0.3, 0.4) is 0 Å². The van der Waals surface area contributed by atoms with E-state index in [9.17, 15) is 0 Å². The molecular weight excluding hydrogens is 210 g/mol. The fraction of sp³-hybridized carbons (Fsp3) is 0.857. The average Bonchev–Trinajstić information content (AvgIpc) is 2.86. The number of hydrogen-bond acceptors (Lipinski definition) is 2. The molecule has 2 saturated carbocycles. The summed E-state index contributed by atoms with van der Waals surface area (Å²) in [5, 5.41) is 8.45. The molecule has 2 aliphatic carbocycles. The number of rotatable bonds is 2. The topological polar surface area (TPSA) is 30.7 Å². The molecule has 0 bridgehead atoms. The number of hydrogen-bond donors (Lipinski definition) is 0. The Morgan fingerprint density at radius 1 is 1.18 bits per heavy atom. The molecule has 3 unspecified atom stereocenters. The summed E-state index contributed by atoms with van der Waals surface area (Å²) in [7, 11) is 0. The van der Waals surface area contributed by atoms with E-state index in [0.29, 0.717) is 5.92 Å². The number of nitrogens with zero attached hydrogens (tertiary/aromatic N) is 3. The quantitative estimate of drug-likeness (QED) is 0.784. The average molecular weight is 233 g/mol. The van der Waals surface area contributed by atoms with Gasteiger partial charge in [-0.05, 0) is 38.0 Å². The molecule has 0 amide bonds. The maximum absolute atomic E-state index is 4.36. The van der Waals surface area contributed by atoms with Gasteiger partial charge in [-0.1, -0.05) is 25.7 Å². The Balaban J connectivity index is 1.73. The highest BCUT2D eigenvalue weighted by atomic mass is 15.3. The molecule has 2 aliphatic rings. The van der Waals surface area contributed by atoms with Crippen molar-refractivity contribution >= 4 is 0 Å². The van der Waals surface area contributed by atoms with Crippen LogP contribution in [-0.2, 0) is 6.54 Å². The molecule has 0 N–H and O–H groups in total. The van der Waals surface area contributed by atoms with Crippen molar-refractivity contribution in [2.75, 3.05) is 0 Å². The fourth-order valence-electron chi connectivity index (χ4n) is 3.93. The van der Waals surface area contributed by atoms with Crippen LogP contribution in [0.4, 0.5) is 0 Å². The van der Waals surface area contributed by atoms with Crippen LogP contribution in [0.15, 0.2) is 6.33 Å². The predicted octanol–water partition coefficient (Wildman–Crippen LogP) is 3.37. The molecule has 1 heterocycles. The molecule has 3 heteroatoms. The normalized spacial score (nSPS) is 33.4. The van der Waals surface area contributed by atoms with Crippen LogP contribution in [0.25, 0.3) is 0 Å². The van der Waals surface area contributed by atoms with Crippen LogP contribution in [0, 0.1) is 11.8 Å². The predicted molar refractivity (Wildman–Crippen MR) is 67.7 cm³/mol. The summed E-state index contributed by atoms with van der Waals surface area (Å²) in [6.45, 7) is 3.19. The zero-order chi connectivity index (χ0) is 11.7. The molecule has 0 radical (unpaired) electrons. The molecule has 94 valence electrons. The smallest absolute Gasteiger partial charge is 0.135 e. The third-order valence-electron chi connectivity index (χ3n) is 4.89. The van der Waals surface area contributed by atoms with E-state index in [4.69, 9.17) is 0 Å². The third-order valence-corrected chi connectivity index (χ3v) is 4.89. The van der Waals surface area contributed by atoms with Crippen molar-refractivity contribution in [3.8, 4) is 0 Å². The minimum Gasteiger partial charge on any atom is -0.318 e. The van der Waals surface area contributed by atoms with E-state index in [0.717, 1.165) is 18.4 Å². The minimum absolute atomic E-state index is 0.678. The van der Waals surface area contributed by atoms with Gasteiger partial charge >= 0.3 is 0 Å². The molecule has 0 saturated heterocycles. The van der Waals surface area contributed by atoms with Gasteiger partial charge in [0.15, 0.2) is 0 Å². The first-order valence-corrected chi connectivity index (χ1v) is 7.26. The van der Waals surface area contributed by atoms with Gasteiger partial charge in [-0.15, -0.1) is 10.2 Å². The molecule has 0 spiro atoms.